The Bertz CT molecular complexity index is 1360. The van der Waals surface area contributed by atoms with Gasteiger partial charge in [0, 0.05) is 12.1 Å². The zero-order chi connectivity index (χ0) is 28.6. The van der Waals surface area contributed by atoms with Gasteiger partial charge in [0.25, 0.3) is 10.0 Å². The Labute approximate surface area is 236 Å². The summed E-state index contributed by atoms with van der Waals surface area (Å²) in [6.45, 7) is 7.18. The number of sulfonamides is 1. The minimum atomic E-state index is -4.15. The minimum absolute atomic E-state index is 0.0334. The molecule has 3 aromatic rings. The highest BCUT2D eigenvalue weighted by Gasteiger charge is 2.34. The van der Waals surface area contributed by atoms with Crippen LogP contribution in [0.1, 0.15) is 39.7 Å². The number of anilines is 1. The smallest absolute Gasteiger partial charge is 0.264 e. The van der Waals surface area contributed by atoms with Gasteiger partial charge in [-0.2, -0.15) is 0 Å². The highest BCUT2D eigenvalue weighted by molar-refractivity contribution is 7.92. The van der Waals surface area contributed by atoms with Crippen molar-refractivity contribution in [2.75, 3.05) is 17.4 Å². The van der Waals surface area contributed by atoms with E-state index in [-0.39, 0.29) is 28.1 Å². The van der Waals surface area contributed by atoms with E-state index >= 15 is 0 Å². The number of hydrogen-bond donors (Lipinski definition) is 1. The monoisotopic (exact) mass is 569 g/mol. The van der Waals surface area contributed by atoms with Gasteiger partial charge in [0.15, 0.2) is 0 Å². The van der Waals surface area contributed by atoms with Gasteiger partial charge in [-0.25, -0.2) is 8.42 Å². The molecule has 7 nitrogen and oxygen atoms in total. The second-order valence-electron chi connectivity index (χ2n) is 10.3. The summed E-state index contributed by atoms with van der Waals surface area (Å²) in [6, 6.07) is 23.3. The van der Waals surface area contributed by atoms with Crippen molar-refractivity contribution in [2.45, 2.75) is 57.0 Å². The van der Waals surface area contributed by atoms with Crippen molar-refractivity contribution < 1.29 is 18.0 Å². The van der Waals surface area contributed by atoms with Crippen molar-refractivity contribution in [3.05, 3.63) is 95.5 Å². The number of nitrogens with zero attached hydrogens (tertiary/aromatic N) is 2. The van der Waals surface area contributed by atoms with Crippen molar-refractivity contribution in [1.29, 1.82) is 0 Å². The normalized spacial score (nSPS) is 12.4. The van der Waals surface area contributed by atoms with Crippen LogP contribution in [-0.2, 0) is 26.0 Å². The first kappa shape index (κ1) is 30.2. The third-order valence-electron chi connectivity index (χ3n) is 6.10. The molecule has 3 rings (SSSR count). The first-order valence-corrected chi connectivity index (χ1v) is 14.7. The summed E-state index contributed by atoms with van der Waals surface area (Å²) in [5.41, 5.74) is 0.687. The summed E-state index contributed by atoms with van der Waals surface area (Å²) in [5, 5.41) is 3.16. The zero-order valence-electron chi connectivity index (χ0n) is 22.8. The fraction of sp³-hybridized carbons (Fsp3) is 0.333. The molecule has 0 aliphatic carbocycles. The molecule has 0 aliphatic heterocycles. The van der Waals surface area contributed by atoms with E-state index in [1.54, 1.807) is 42.5 Å². The van der Waals surface area contributed by atoms with E-state index in [0.717, 1.165) is 9.87 Å². The van der Waals surface area contributed by atoms with Gasteiger partial charge in [0.05, 0.1) is 15.6 Å². The first-order chi connectivity index (χ1) is 18.4. The van der Waals surface area contributed by atoms with Crippen molar-refractivity contribution in [2.24, 2.45) is 0 Å². The van der Waals surface area contributed by atoms with Crippen LogP contribution in [0.5, 0.6) is 0 Å². The van der Waals surface area contributed by atoms with Crippen LogP contribution in [0.15, 0.2) is 89.8 Å². The van der Waals surface area contributed by atoms with Crippen LogP contribution in [0, 0.1) is 0 Å². The third-order valence-corrected chi connectivity index (χ3v) is 8.19. The van der Waals surface area contributed by atoms with Crippen LogP contribution in [0.4, 0.5) is 5.69 Å². The number of amides is 2. The molecular formula is C30H36ClN3O4S. The number of rotatable bonds is 11. The summed E-state index contributed by atoms with van der Waals surface area (Å²) in [5.74, 6) is -0.789. The number of nitrogens with one attached hydrogen (secondary N) is 1. The largest absolute Gasteiger partial charge is 0.350 e. The zero-order valence-corrected chi connectivity index (χ0v) is 24.4. The number of hydrogen-bond acceptors (Lipinski definition) is 4. The number of carbonyl (C=O) groups excluding carboxylic acids is 2. The molecule has 0 aromatic heterocycles. The molecule has 9 heteroatoms. The number of benzene rings is 3. The maximum Gasteiger partial charge on any atom is 0.264 e. The number of para-hydroxylation sites is 1. The molecule has 0 fully saturated rings. The number of halogens is 1. The molecule has 0 spiro atoms. The molecule has 3 aromatic carbocycles. The lowest BCUT2D eigenvalue weighted by Crippen LogP contribution is -2.56. The van der Waals surface area contributed by atoms with Crippen LogP contribution in [-0.4, -0.2) is 49.8 Å². The van der Waals surface area contributed by atoms with E-state index in [0.29, 0.717) is 12.8 Å². The Balaban J connectivity index is 2.02. The lowest BCUT2D eigenvalue weighted by atomic mass is 10.1. The molecule has 1 atom stereocenters. The molecule has 0 saturated carbocycles. The average Bonchev–Trinajstić information content (AvgIpc) is 2.90. The molecule has 1 N–H and O–H groups in total. The highest BCUT2D eigenvalue weighted by Crippen LogP contribution is 2.30. The summed E-state index contributed by atoms with van der Waals surface area (Å²) in [6.07, 6.45) is 0.864. The second-order valence-corrected chi connectivity index (χ2v) is 12.5. The van der Waals surface area contributed by atoms with E-state index in [1.165, 1.54) is 17.0 Å². The molecule has 39 heavy (non-hydrogen) atoms. The fourth-order valence-corrected chi connectivity index (χ4v) is 5.98. The van der Waals surface area contributed by atoms with Gasteiger partial charge in [-0.3, -0.25) is 13.9 Å². The van der Waals surface area contributed by atoms with E-state index in [1.807, 2.05) is 58.0 Å². The molecule has 0 unspecified atom stereocenters. The van der Waals surface area contributed by atoms with Gasteiger partial charge in [0.1, 0.15) is 12.6 Å². The maximum absolute atomic E-state index is 14.0. The van der Waals surface area contributed by atoms with E-state index in [2.05, 4.69) is 5.32 Å². The molecule has 2 amide bonds. The maximum atomic E-state index is 14.0. The lowest BCUT2D eigenvalue weighted by molar-refractivity contribution is -0.140. The second kappa shape index (κ2) is 13.1. The van der Waals surface area contributed by atoms with Crippen molar-refractivity contribution in [1.82, 2.24) is 10.2 Å². The van der Waals surface area contributed by atoms with Crippen molar-refractivity contribution in [3.8, 4) is 0 Å². The molecule has 0 heterocycles. The summed E-state index contributed by atoms with van der Waals surface area (Å²) in [4.78, 5) is 28.8. The van der Waals surface area contributed by atoms with Gasteiger partial charge < -0.3 is 10.2 Å². The Morgan fingerprint density at radius 3 is 2.03 bits per heavy atom. The van der Waals surface area contributed by atoms with Crippen LogP contribution in [0.2, 0.25) is 5.02 Å². The van der Waals surface area contributed by atoms with Crippen LogP contribution in [0.25, 0.3) is 0 Å². The Morgan fingerprint density at radius 1 is 0.897 bits per heavy atom. The standard InChI is InChI=1S/C30H36ClN3O4S/c1-5-26(29(36)32-30(2,3)4)33(21-20-23-14-8-6-9-15-23)28(35)22-34(27-19-13-12-18-25(27)31)39(37,38)24-16-10-7-11-17-24/h6-19,26H,5,20-22H2,1-4H3,(H,32,36)/t26-/m0/s1. The van der Waals surface area contributed by atoms with Crippen LogP contribution >= 0.6 is 11.6 Å². The predicted molar refractivity (Wildman–Crippen MR) is 156 cm³/mol. The first-order valence-electron chi connectivity index (χ1n) is 12.9. The van der Waals surface area contributed by atoms with E-state index in [4.69, 9.17) is 11.6 Å². The van der Waals surface area contributed by atoms with Crippen LogP contribution < -0.4 is 9.62 Å². The molecule has 0 saturated heterocycles. The Hall–Kier alpha value is -3.36. The van der Waals surface area contributed by atoms with Crippen molar-refractivity contribution in [3.63, 3.8) is 0 Å². The molecule has 208 valence electrons. The van der Waals surface area contributed by atoms with Gasteiger partial charge in [-0.15, -0.1) is 0 Å². The minimum Gasteiger partial charge on any atom is -0.350 e. The SMILES string of the molecule is CC[C@@H](C(=O)NC(C)(C)C)N(CCc1ccccc1)C(=O)CN(c1ccccc1Cl)S(=O)(=O)c1ccccc1. The van der Waals surface area contributed by atoms with Crippen molar-refractivity contribution >= 4 is 39.1 Å². The summed E-state index contributed by atoms with van der Waals surface area (Å²) < 4.78 is 28.6. The fourth-order valence-electron chi connectivity index (χ4n) is 4.24. The molecule has 0 bridgehead atoms. The lowest BCUT2D eigenvalue weighted by Gasteiger charge is -2.35. The summed E-state index contributed by atoms with van der Waals surface area (Å²) >= 11 is 6.43. The quantitative estimate of drug-likeness (QED) is 0.339. The highest BCUT2D eigenvalue weighted by atomic mass is 35.5. The average molecular weight is 570 g/mol. The molecule has 0 aliphatic rings. The van der Waals surface area contributed by atoms with Crippen LogP contribution in [0.3, 0.4) is 0 Å². The van der Waals surface area contributed by atoms with Gasteiger partial charge in [-0.1, -0.05) is 79.2 Å². The third kappa shape index (κ3) is 8.07. The van der Waals surface area contributed by atoms with Gasteiger partial charge >= 0.3 is 0 Å². The Morgan fingerprint density at radius 2 is 1.46 bits per heavy atom. The summed E-state index contributed by atoms with van der Waals surface area (Å²) in [7, 11) is -4.15. The predicted octanol–water partition coefficient (Wildman–Crippen LogP) is 5.30. The number of carbonyl (C=O) groups is 2. The van der Waals surface area contributed by atoms with Gasteiger partial charge in [0.2, 0.25) is 11.8 Å². The molecular weight excluding hydrogens is 534 g/mol. The van der Waals surface area contributed by atoms with Gasteiger partial charge in [-0.05, 0) is 63.4 Å². The molecule has 0 radical (unpaired) electrons. The van der Waals surface area contributed by atoms with E-state index in [9.17, 15) is 18.0 Å². The Kier molecular flexibility index (Phi) is 10.2. The van der Waals surface area contributed by atoms with E-state index < -0.39 is 34.1 Å². The topological polar surface area (TPSA) is 86.8 Å².